The van der Waals surface area contributed by atoms with E-state index in [0.717, 1.165) is 11.1 Å². The molecule has 2 unspecified atom stereocenters. The van der Waals surface area contributed by atoms with Crippen molar-refractivity contribution in [3.05, 3.63) is 89.1 Å². The molecule has 1 aromatic heterocycles. The number of allylic oxidation sites excluding steroid dienone is 1. The average molecular weight is 483 g/mol. The summed E-state index contributed by atoms with van der Waals surface area (Å²) in [5, 5.41) is 4.76. The van der Waals surface area contributed by atoms with Gasteiger partial charge in [0.05, 0.1) is 6.61 Å². The van der Waals surface area contributed by atoms with Crippen molar-refractivity contribution >= 4 is 17.4 Å². The highest BCUT2D eigenvalue weighted by Gasteiger charge is 2.45. The summed E-state index contributed by atoms with van der Waals surface area (Å²) >= 11 is 6.57. The molecule has 9 heteroatoms. The molecule has 0 bridgehead atoms. The third-order valence-electron chi connectivity index (χ3n) is 5.33. The van der Waals surface area contributed by atoms with E-state index >= 15 is 0 Å². The smallest absolute Gasteiger partial charge is 0.217 e. The second kappa shape index (κ2) is 10.4. The van der Waals surface area contributed by atoms with Gasteiger partial charge in [0.1, 0.15) is 37.7 Å². The zero-order chi connectivity index (χ0) is 24.1. The van der Waals surface area contributed by atoms with E-state index in [4.69, 9.17) is 25.8 Å². The SMILES string of the molecule is Cc1ccc(C2(Cn3cncn3)OCC(COc3ccc(C(=O)/C=C/N(C)C)cc3)O2)c(Cl)c1. The summed E-state index contributed by atoms with van der Waals surface area (Å²) in [4.78, 5) is 18.0. The maximum absolute atomic E-state index is 12.2. The maximum atomic E-state index is 12.2. The van der Waals surface area contributed by atoms with E-state index in [-0.39, 0.29) is 18.5 Å². The minimum atomic E-state index is -1.11. The van der Waals surface area contributed by atoms with Crippen LogP contribution in [0.3, 0.4) is 0 Å². The first-order valence-electron chi connectivity index (χ1n) is 10.9. The Kier molecular flexibility index (Phi) is 7.31. The normalized spacial score (nSPS) is 20.1. The molecule has 3 aromatic rings. The summed E-state index contributed by atoms with van der Waals surface area (Å²) in [6.45, 7) is 2.87. The number of ether oxygens (including phenoxy) is 3. The molecule has 0 saturated carbocycles. The molecule has 0 amide bonds. The number of benzene rings is 2. The van der Waals surface area contributed by atoms with Gasteiger partial charge in [0.2, 0.25) is 5.79 Å². The summed E-state index contributed by atoms with van der Waals surface area (Å²) < 4.78 is 20.1. The molecule has 34 heavy (non-hydrogen) atoms. The number of aryl methyl sites for hydroxylation is 1. The van der Waals surface area contributed by atoms with Crippen LogP contribution in [0.4, 0.5) is 0 Å². The fraction of sp³-hybridized carbons (Fsp3) is 0.320. The van der Waals surface area contributed by atoms with Crippen molar-refractivity contribution in [3.8, 4) is 5.75 Å². The van der Waals surface area contributed by atoms with Gasteiger partial charge in [-0.2, -0.15) is 5.10 Å². The molecule has 4 rings (SSSR count). The van der Waals surface area contributed by atoms with E-state index in [1.54, 1.807) is 41.5 Å². The van der Waals surface area contributed by atoms with Crippen LogP contribution in [0.2, 0.25) is 5.02 Å². The number of rotatable bonds is 9. The Hall–Kier alpha value is -3.20. The van der Waals surface area contributed by atoms with Crippen molar-refractivity contribution < 1.29 is 19.0 Å². The Morgan fingerprint density at radius 3 is 2.76 bits per heavy atom. The molecule has 178 valence electrons. The van der Waals surface area contributed by atoms with Gasteiger partial charge in [-0.1, -0.05) is 23.7 Å². The topological polar surface area (TPSA) is 78.7 Å². The van der Waals surface area contributed by atoms with E-state index in [1.807, 2.05) is 44.1 Å². The summed E-state index contributed by atoms with van der Waals surface area (Å²) in [6.07, 6.45) is 5.99. The Morgan fingerprint density at radius 2 is 2.09 bits per heavy atom. The Labute approximate surface area is 203 Å². The minimum Gasteiger partial charge on any atom is -0.491 e. The molecule has 2 atom stereocenters. The molecule has 2 aromatic carbocycles. The largest absolute Gasteiger partial charge is 0.491 e. The second-order valence-corrected chi connectivity index (χ2v) is 8.77. The van der Waals surface area contributed by atoms with E-state index in [9.17, 15) is 4.79 Å². The van der Waals surface area contributed by atoms with Gasteiger partial charge >= 0.3 is 0 Å². The fourth-order valence-corrected chi connectivity index (χ4v) is 4.01. The number of halogens is 1. The molecule has 1 aliphatic rings. The van der Waals surface area contributed by atoms with Crippen molar-refractivity contribution in [1.82, 2.24) is 19.7 Å². The molecule has 1 fully saturated rings. The first kappa shape index (κ1) is 23.9. The van der Waals surface area contributed by atoms with Gasteiger partial charge in [0.25, 0.3) is 0 Å². The lowest BCUT2D eigenvalue weighted by atomic mass is 10.0. The van der Waals surface area contributed by atoms with Crippen molar-refractivity contribution in [1.29, 1.82) is 0 Å². The summed E-state index contributed by atoms with van der Waals surface area (Å²) in [7, 11) is 3.73. The number of ketones is 1. The molecule has 2 heterocycles. The molecule has 0 spiro atoms. The Balaban J connectivity index is 1.43. The lowest BCUT2D eigenvalue weighted by Crippen LogP contribution is -2.35. The predicted octanol–water partition coefficient (Wildman–Crippen LogP) is 3.85. The number of hydrogen-bond acceptors (Lipinski definition) is 7. The van der Waals surface area contributed by atoms with Gasteiger partial charge in [-0.3, -0.25) is 4.79 Å². The second-order valence-electron chi connectivity index (χ2n) is 8.36. The van der Waals surface area contributed by atoms with Crippen LogP contribution < -0.4 is 4.74 Å². The molecular formula is C25H27ClN4O4. The number of aromatic nitrogens is 3. The van der Waals surface area contributed by atoms with Crippen LogP contribution in [-0.2, 0) is 21.8 Å². The van der Waals surface area contributed by atoms with Gasteiger partial charge in [0.15, 0.2) is 5.78 Å². The Bertz CT molecular complexity index is 1150. The van der Waals surface area contributed by atoms with Crippen molar-refractivity contribution in [2.24, 2.45) is 0 Å². The van der Waals surface area contributed by atoms with E-state index in [1.165, 1.54) is 12.4 Å². The molecular weight excluding hydrogens is 456 g/mol. The summed E-state index contributed by atoms with van der Waals surface area (Å²) in [5.74, 6) is -0.541. The molecule has 1 saturated heterocycles. The summed E-state index contributed by atoms with van der Waals surface area (Å²) in [6, 6.07) is 12.8. The standard InChI is InChI=1S/C25H27ClN4O4/c1-18-4-9-22(23(26)12-18)25(15-30-17-27-16-28-30)33-14-21(34-25)13-32-20-7-5-19(6-8-20)24(31)10-11-29(2)3/h4-12,16-17,21H,13-15H2,1-3H3/b11-10+. The lowest BCUT2D eigenvalue weighted by molar-refractivity contribution is -0.190. The van der Waals surface area contributed by atoms with Gasteiger partial charge in [0, 0.05) is 42.5 Å². The lowest BCUT2D eigenvalue weighted by Gasteiger charge is -2.29. The van der Waals surface area contributed by atoms with E-state index in [2.05, 4.69) is 10.1 Å². The average Bonchev–Trinajstić information content (AvgIpc) is 3.47. The van der Waals surface area contributed by atoms with Crippen LogP contribution in [0.5, 0.6) is 5.75 Å². The Morgan fingerprint density at radius 1 is 1.29 bits per heavy atom. The first-order chi connectivity index (χ1) is 16.3. The first-order valence-corrected chi connectivity index (χ1v) is 11.2. The number of carbonyl (C=O) groups excluding carboxylic acids is 1. The molecule has 0 N–H and O–H groups in total. The minimum absolute atomic E-state index is 0.0688. The zero-order valence-electron chi connectivity index (χ0n) is 19.3. The fourth-order valence-electron chi connectivity index (χ4n) is 3.63. The zero-order valence-corrected chi connectivity index (χ0v) is 20.1. The monoisotopic (exact) mass is 482 g/mol. The quantitative estimate of drug-likeness (QED) is 0.338. The van der Waals surface area contributed by atoms with Crippen molar-refractivity contribution in [3.63, 3.8) is 0 Å². The third-order valence-corrected chi connectivity index (χ3v) is 5.64. The number of nitrogens with zero attached hydrogens (tertiary/aromatic N) is 4. The van der Waals surface area contributed by atoms with Crippen LogP contribution in [-0.4, -0.2) is 58.9 Å². The highest BCUT2D eigenvalue weighted by atomic mass is 35.5. The van der Waals surface area contributed by atoms with Crippen LogP contribution in [0, 0.1) is 6.92 Å². The highest BCUT2D eigenvalue weighted by molar-refractivity contribution is 6.31. The number of carbonyl (C=O) groups is 1. The van der Waals surface area contributed by atoms with E-state index in [0.29, 0.717) is 29.5 Å². The summed E-state index contributed by atoms with van der Waals surface area (Å²) in [5.41, 5.74) is 2.36. The van der Waals surface area contributed by atoms with Gasteiger partial charge in [-0.25, -0.2) is 9.67 Å². The van der Waals surface area contributed by atoms with Crippen LogP contribution in [0.1, 0.15) is 21.5 Å². The van der Waals surface area contributed by atoms with Crippen LogP contribution >= 0.6 is 11.6 Å². The van der Waals surface area contributed by atoms with Gasteiger partial charge in [-0.15, -0.1) is 0 Å². The molecule has 0 radical (unpaired) electrons. The molecule has 0 aliphatic carbocycles. The van der Waals surface area contributed by atoms with Crippen molar-refractivity contribution in [2.75, 3.05) is 27.3 Å². The predicted molar refractivity (Wildman–Crippen MR) is 128 cm³/mol. The van der Waals surface area contributed by atoms with Gasteiger partial charge in [-0.05, 0) is 42.8 Å². The van der Waals surface area contributed by atoms with Gasteiger partial charge < -0.3 is 19.1 Å². The molecule has 1 aliphatic heterocycles. The highest BCUT2D eigenvalue weighted by Crippen LogP contribution is 2.40. The van der Waals surface area contributed by atoms with Crippen LogP contribution in [0.15, 0.2) is 67.4 Å². The third kappa shape index (κ3) is 5.64. The molecule has 8 nitrogen and oxygen atoms in total. The van der Waals surface area contributed by atoms with Crippen molar-refractivity contribution in [2.45, 2.75) is 25.4 Å². The van der Waals surface area contributed by atoms with Crippen LogP contribution in [0.25, 0.3) is 0 Å². The maximum Gasteiger partial charge on any atom is 0.217 e. The van der Waals surface area contributed by atoms with E-state index < -0.39 is 5.79 Å². The number of hydrogen-bond donors (Lipinski definition) is 0.